The van der Waals surface area contributed by atoms with Crippen LogP contribution in [0.4, 0.5) is 0 Å². The smallest absolute Gasteiger partial charge is 0.238 e. The maximum atomic E-state index is 11.8. The summed E-state index contributed by atoms with van der Waals surface area (Å²) in [5.41, 5.74) is 0. The summed E-state index contributed by atoms with van der Waals surface area (Å²) in [5, 5.41) is 3.29. The molecule has 16 heavy (non-hydrogen) atoms. The van der Waals surface area contributed by atoms with Gasteiger partial charge in [0.1, 0.15) is 6.17 Å². The highest BCUT2D eigenvalue weighted by Gasteiger charge is 2.34. The van der Waals surface area contributed by atoms with Gasteiger partial charge in [-0.15, -0.1) is 11.3 Å². The maximum Gasteiger partial charge on any atom is 0.238 e. The first kappa shape index (κ1) is 11.6. The molecule has 3 nitrogen and oxygen atoms in total. The van der Waals surface area contributed by atoms with Gasteiger partial charge in [-0.25, -0.2) is 0 Å². The lowest BCUT2D eigenvalue weighted by atomic mass is 10.2. The number of thiophene rings is 1. The van der Waals surface area contributed by atoms with Crippen LogP contribution in [0.2, 0.25) is 0 Å². The van der Waals surface area contributed by atoms with Gasteiger partial charge in [-0.05, 0) is 32.4 Å². The Kier molecular flexibility index (Phi) is 3.30. The van der Waals surface area contributed by atoms with Crippen molar-refractivity contribution in [3.8, 4) is 0 Å². The van der Waals surface area contributed by atoms with Gasteiger partial charge in [-0.3, -0.25) is 10.1 Å². The van der Waals surface area contributed by atoms with Crippen LogP contribution in [-0.2, 0) is 4.79 Å². The van der Waals surface area contributed by atoms with Crippen molar-refractivity contribution in [1.82, 2.24) is 10.2 Å². The van der Waals surface area contributed by atoms with Crippen LogP contribution in [0.5, 0.6) is 0 Å². The Balaban J connectivity index is 2.23. The molecule has 4 heteroatoms. The number of hydrogen-bond donors (Lipinski definition) is 1. The van der Waals surface area contributed by atoms with E-state index in [-0.39, 0.29) is 12.1 Å². The number of rotatable bonds is 3. The summed E-state index contributed by atoms with van der Waals surface area (Å²) < 4.78 is 0. The number of carbonyl (C=O) groups is 1. The normalized spacial score (nSPS) is 22.8. The molecule has 2 rings (SSSR count). The second kappa shape index (κ2) is 4.55. The number of aryl methyl sites for hydroxylation is 1. The zero-order valence-corrected chi connectivity index (χ0v) is 10.8. The molecule has 0 saturated carbocycles. The van der Waals surface area contributed by atoms with Crippen LogP contribution in [0.3, 0.4) is 0 Å². The molecule has 1 aromatic rings. The molecule has 88 valence electrons. The van der Waals surface area contributed by atoms with Crippen LogP contribution in [-0.4, -0.2) is 23.4 Å². The predicted molar refractivity (Wildman–Crippen MR) is 66.4 cm³/mol. The molecule has 1 saturated heterocycles. The molecule has 0 radical (unpaired) electrons. The Bertz CT molecular complexity index is 388. The van der Waals surface area contributed by atoms with Gasteiger partial charge in [0.2, 0.25) is 5.91 Å². The predicted octanol–water partition coefficient (Wildman–Crippen LogP) is 2.29. The highest BCUT2D eigenvalue weighted by molar-refractivity contribution is 7.12. The van der Waals surface area contributed by atoms with Gasteiger partial charge in [0.25, 0.3) is 0 Å². The minimum Gasteiger partial charge on any atom is -0.318 e. The van der Waals surface area contributed by atoms with Crippen LogP contribution >= 0.6 is 11.3 Å². The zero-order chi connectivity index (χ0) is 11.7. The fourth-order valence-corrected chi connectivity index (χ4v) is 3.01. The summed E-state index contributed by atoms with van der Waals surface area (Å²) in [7, 11) is 0. The van der Waals surface area contributed by atoms with E-state index >= 15 is 0 Å². The second-order valence-electron chi connectivity index (χ2n) is 4.29. The number of carbonyl (C=O) groups excluding carboxylic acids is 1. The number of nitrogens with one attached hydrogen (secondary N) is 1. The van der Waals surface area contributed by atoms with Gasteiger partial charge in [-0.2, -0.15) is 0 Å². The van der Waals surface area contributed by atoms with Gasteiger partial charge in [0.05, 0.1) is 6.54 Å². The molecule has 0 spiro atoms. The lowest BCUT2D eigenvalue weighted by Crippen LogP contribution is -2.37. The van der Waals surface area contributed by atoms with Crippen molar-refractivity contribution in [1.29, 1.82) is 0 Å². The van der Waals surface area contributed by atoms with E-state index in [9.17, 15) is 4.79 Å². The summed E-state index contributed by atoms with van der Waals surface area (Å²) in [6, 6.07) is 4.53. The van der Waals surface area contributed by atoms with Crippen molar-refractivity contribution in [2.45, 2.75) is 39.4 Å². The van der Waals surface area contributed by atoms with Crippen molar-refractivity contribution in [3.05, 3.63) is 21.9 Å². The standard InChI is InChI=1S/C12H18N2OS/c1-4-8(2)14-11(15)7-13-12(14)10-6-5-9(3)16-10/h5-6,8,12-13H,4,7H2,1-3H3. The Morgan fingerprint density at radius 3 is 2.94 bits per heavy atom. The van der Waals surface area contributed by atoms with E-state index in [2.05, 4.69) is 38.2 Å². The van der Waals surface area contributed by atoms with Crippen molar-refractivity contribution in [3.63, 3.8) is 0 Å². The lowest BCUT2D eigenvalue weighted by Gasteiger charge is -2.29. The average Bonchev–Trinajstić information content (AvgIpc) is 2.83. The third-order valence-corrected chi connectivity index (χ3v) is 4.16. The first-order valence-corrected chi connectivity index (χ1v) is 6.56. The lowest BCUT2D eigenvalue weighted by molar-refractivity contribution is -0.130. The van der Waals surface area contributed by atoms with E-state index in [1.165, 1.54) is 9.75 Å². The maximum absolute atomic E-state index is 11.8. The summed E-state index contributed by atoms with van der Waals surface area (Å²) >= 11 is 1.76. The molecule has 0 bridgehead atoms. The van der Waals surface area contributed by atoms with E-state index in [4.69, 9.17) is 0 Å². The van der Waals surface area contributed by atoms with Gasteiger partial charge >= 0.3 is 0 Å². The fourth-order valence-electron chi connectivity index (χ4n) is 2.05. The number of nitrogens with zero attached hydrogens (tertiary/aromatic N) is 1. The van der Waals surface area contributed by atoms with Gasteiger partial charge in [0.15, 0.2) is 0 Å². The summed E-state index contributed by atoms with van der Waals surface area (Å²) in [6.45, 7) is 6.79. The average molecular weight is 238 g/mol. The summed E-state index contributed by atoms with van der Waals surface area (Å²) in [5.74, 6) is 0.213. The Morgan fingerprint density at radius 1 is 1.62 bits per heavy atom. The van der Waals surface area contributed by atoms with E-state index in [1.54, 1.807) is 11.3 Å². The highest BCUT2D eigenvalue weighted by Crippen LogP contribution is 2.30. The molecule has 0 aromatic carbocycles. The van der Waals surface area contributed by atoms with Crippen LogP contribution in [0.1, 0.15) is 36.2 Å². The topological polar surface area (TPSA) is 32.3 Å². The third kappa shape index (κ3) is 1.99. The SMILES string of the molecule is CCC(C)N1C(=O)CNC1c1ccc(C)s1. The van der Waals surface area contributed by atoms with E-state index in [0.717, 1.165) is 6.42 Å². The van der Waals surface area contributed by atoms with E-state index in [1.807, 2.05) is 4.90 Å². The minimum absolute atomic E-state index is 0.0844. The quantitative estimate of drug-likeness (QED) is 0.876. The molecular weight excluding hydrogens is 220 g/mol. The van der Waals surface area contributed by atoms with Crippen molar-refractivity contribution in [2.75, 3.05) is 6.54 Å². The van der Waals surface area contributed by atoms with Crippen molar-refractivity contribution >= 4 is 17.2 Å². The monoisotopic (exact) mass is 238 g/mol. The largest absolute Gasteiger partial charge is 0.318 e. The number of amides is 1. The molecule has 2 unspecified atom stereocenters. The first-order chi connectivity index (χ1) is 7.63. The van der Waals surface area contributed by atoms with E-state index in [0.29, 0.717) is 12.6 Å². The molecule has 1 aliphatic rings. The van der Waals surface area contributed by atoms with Gasteiger partial charge in [0, 0.05) is 15.8 Å². The summed E-state index contributed by atoms with van der Waals surface area (Å²) in [6.07, 6.45) is 1.08. The molecule has 2 heterocycles. The van der Waals surface area contributed by atoms with Gasteiger partial charge in [-0.1, -0.05) is 6.92 Å². The molecule has 2 atom stereocenters. The molecule has 1 fully saturated rings. The molecule has 1 aliphatic heterocycles. The van der Waals surface area contributed by atoms with Crippen LogP contribution in [0, 0.1) is 6.92 Å². The van der Waals surface area contributed by atoms with E-state index < -0.39 is 0 Å². The highest BCUT2D eigenvalue weighted by atomic mass is 32.1. The molecule has 1 N–H and O–H groups in total. The molecule has 1 amide bonds. The molecular formula is C12H18N2OS. The Hall–Kier alpha value is -0.870. The van der Waals surface area contributed by atoms with Crippen molar-refractivity contribution in [2.24, 2.45) is 0 Å². The van der Waals surface area contributed by atoms with Crippen LogP contribution in [0.25, 0.3) is 0 Å². The van der Waals surface area contributed by atoms with Crippen LogP contribution in [0.15, 0.2) is 12.1 Å². The molecule has 0 aliphatic carbocycles. The Morgan fingerprint density at radius 2 is 2.38 bits per heavy atom. The number of hydrogen-bond acceptors (Lipinski definition) is 3. The second-order valence-corrected chi connectivity index (χ2v) is 5.61. The Labute approximate surface area is 100 Å². The minimum atomic E-state index is 0.0844. The first-order valence-electron chi connectivity index (χ1n) is 5.74. The third-order valence-electron chi connectivity index (χ3n) is 3.11. The summed E-state index contributed by atoms with van der Waals surface area (Å²) in [4.78, 5) is 16.3. The van der Waals surface area contributed by atoms with Crippen LogP contribution < -0.4 is 5.32 Å². The fraction of sp³-hybridized carbons (Fsp3) is 0.583. The molecule has 1 aromatic heterocycles. The van der Waals surface area contributed by atoms with Crippen molar-refractivity contribution < 1.29 is 4.79 Å². The van der Waals surface area contributed by atoms with Gasteiger partial charge < -0.3 is 4.90 Å². The zero-order valence-electron chi connectivity index (χ0n) is 9.99.